The summed E-state index contributed by atoms with van der Waals surface area (Å²) >= 11 is 0. The van der Waals surface area contributed by atoms with Crippen molar-refractivity contribution < 1.29 is 14.6 Å². The molecule has 0 radical (unpaired) electrons. The Morgan fingerprint density at radius 1 is 1.03 bits per heavy atom. The summed E-state index contributed by atoms with van der Waals surface area (Å²) in [6, 6.07) is 11.7. The van der Waals surface area contributed by atoms with E-state index in [4.69, 9.17) is 4.74 Å². The molecule has 0 heterocycles. The molecule has 0 saturated carbocycles. The Labute approximate surface area is 204 Å². The summed E-state index contributed by atoms with van der Waals surface area (Å²) in [4.78, 5) is 38.6. The van der Waals surface area contributed by atoms with Crippen molar-refractivity contribution in [3.05, 3.63) is 86.4 Å². The molecule has 1 amide bonds. The van der Waals surface area contributed by atoms with E-state index in [1.54, 1.807) is 27.1 Å². The van der Waals surface area contributed by atoms with Crippen molar-refractivity contribution >= 4 is 23.0 Å². The van der Waals surface area contributed by atoms with E-state index in [1.165, 1.54) is 17.0 Å². The van der Waals surface area contributed by atoms with Gasteiger partial charge in [0.15, 0.2) is 5.75 Å². The molecule has 0 aromatic heterocycles. The zero-order valence-electron chi connectivity index (χ0n) is 20.9. The van der Waals surface area contributed by atoms with Gasteiger partial charge in [-0.15, -0.1) is 0 Å². The first-order valence-corrected chi connectivity index (χ1v) is 11.1. The second-order valence-electron chi connectivity index (χ2n) is 9.75. The molecule has 0 spiro atoms. The van der Waals surface area contributed by atoms with Gasteiger partial charge in [-0.25, -0.2) is 0 Å². The van der Waals surface area contributed by atoms with Gasteiger partial charge in [0.2, 0.25) is 0 Å². The van der Waals surface area contributed by atoms with E-state index in [0.29, 0.717) is 11.5 Å². The molecular formula is C27H31N3O5. The fraction of sp³-hybridized carbons (Fsp3) is 0.296. The van der Waals surface area contributed by atoms with Crippen LogP contribution in [0.2, 0.25) is 0 Å². The number of hydrogen-bond acceptors (Lipinski definition) is 7. The Bertz CT molecular complexity index is 1330. The molecule has 8 nitrogen and oxygen atoms in total. The van der Waals surface area contributed by atoms with Gasteiger partial charge in [-0.2, -0.15) is 0 Å². The number of nitrogens with one attached hydrogen (secondary N) is 2. The fourth-order valence-electron chi connectivity index (χ4n) is 3.71. The van der Waals surface area contributed by atoms with Crippen LogP contribution in [-0.4, -0.2) is 30.0 Å². The van der Waals surface area contributed by atoms with Crippen LogP contribution in [0.1, 0.15) is 49.7 Å². The Morgan fingerprint density at radius 2 is 1.63 bits per heavy atom. The standard InChI is InChI=1S/C27H31N3O5/c1-15(2)35-17-13-11-16(12-14-17)25(27(3,4)5)29-21-20(23(32)24(21)33)28-19-10-8-9-18(22(19)31)26(34)30(6)7/h8-14,25,28-29,31H,1H2,2-7H3. The third kappa shape index (κ3) is 5.37. The summed E-state index contributed by atoms with van der Waals surface area (Å²) in [5.74, 6) is 0.530. The predicted octanol–water partition coefficient (Wildman–Crippen LogP) is 4.55. The number of aromatic hydroxyl groups is 1. The summed E-state index contributed by atoms with van der Waals surface area (Å²) in [5.41, 5.74) is -0.380. The molecule has 0 saturated heterocycles. The highest BCUT2D eigenvalue weighted by atomic mass is 16.5. The minimum atomic E-state index is -0.700. The molecule has 3 aromatic rings. The number of hydrogen-bond donors (Lipinski definition) is 3. The molecule has 0 fully saturated rings. The lowest BCUT2D eigenvalue weighted by Crippen LogP contribution is -2.39. The predicted molar refractivity (Wildman–Crippen MR) is 138 cm³/mol. The highest BCUT2D eigenvalue weighted by molar-refractivity contribution is 5.99. The second kappa shape index (κ2) is 9.66. The number of anilines is 3. The van der Waals surface area contributed by atoms with Crippen molar-refractivity contribution in [3.8, 4) is 11.5 Å². The third-order valence-electron chi connectivity index (χ3n) is 5.50. The van der Waals surface area contributed by atoms with Crippen LogP contribution in [0.15, 0.2) is 64.4 Å². The fourth-order valence-corrected chi connectivity index (χ4v) is 3.71. The van der Waals surface area contributed by atoms with Gasteiger partial charge < -0.3 is 25.4 Å². The first-order chi connectivity index (χ1) is 16.3. The van der Waals surface area contributed by atoms with Gasteiger partial charge in [0.25, 0.3) is 16.8 Å². The van der Waals surface area contributed by atoms with Crippen LogP contribution in [0.3, 0.4) is 0 Å². The lowest BCUT2D eigenvalue weighted by Gasteiger charge is -2.33. The van der Waals surface area contributed by atoms with E-state index in [0.717, 1.165) is 5.56 Å². The lowest BCUT2D eigenvalue weighted by atomic mass is 9.82. The first kappa shape index (κ1) is 25.6. The van der Waals surface area contributed by atoms with Gasteiger partial charge in [0.1, 0.15) is 17.1 Å². The van der Waals surface area contributed by atoms with E-state index < -0.39 is 10.9 Å². The monoisotopic (exact) mass is 477 g/mol. The topological polar surface area (TPSA) is 108 Å². The molecule has 0 aliphatic heterocycles. The molecule has 8 heteroatoms. The molecule has 0 aliphatic carbocycles. The van der Waals surface area contributed by atoms with Crippen molar-refractivity contribution in [2.45, 2.75) is 33.7 Å². The number of phenols is 1. The molecule has 0 aliphatic rings. The highest BCUT2D eigenvalue weighted by Gasteiger charge is 2.31. The zero-order chi connectivity index (χ0) is 26.1. The Kier molecular flexibility index (Phi) is 7.05. The van der Waals surface area contributed by atoms with Gasteiger partial charge in [-0.1, -0.05) is 45.5 Å². The third-order valence-corrected chi connectivity index (χ3v) is 5.50. The number of para-hydroxylation sites is 1. The van der Waals surface area contributed by atoms with E-state index in [9.17, 15) is 19.5 Å². The van der Waals surface area contributed by atoms with Crippen LogP contribution >= 0.6 is 0 Å². The molecule has 3 N–H and O–H groups in total. The average molecular weight is 478 g/mol. The van der Waals surface area contributed by atoms with Gasteiger partial charge in [-0.3, -0.25) is 14.4 Å². The largest absolute Gasteiger partial charge is 0.505 e. The van der Waals surface area contributed by atoms with Crippen LogP contribution in [-0.2, 0) is 0 Å². The second-order valence-corrected chi connectivity index (χ2v) is 9.75. The van der Waals surface area contributed by atoms with Crippen molar-refractivity contribution in [3.63, 3.8) is 0 Å². The number of amides is 1. The summed E-state index contributed by atoms with van der Waals surface area (Å²) in [5, 5.41) is 16.7. The minimum absolute atomic E-state index is 0.0382. The molecule has 3 rings (SSSR count). The van der Waals surface area contributed by atoms with Crippen LogP contribution in [0.25, 0.3) is 0 Å². The number of benzene rings is 2. The SMILES string of the molecule is C=C(C)Oc1ccc(C(Nc2c(Nc3cccc(C(=O)N(C)C)c3O)c(=O)c2=O)C(C)(C)C)cc1. The number of ether oxygens (including phenoxy) is 1. The minimum Gasteiger partial charge on any atom is -0.505 e. The molecule has 1 atom stereocenters. The number of allylic oxidation sites excluding steroid dienone is 1. The quantitative estimate of drug-likeness (QED) is 0.248. The summed E-state index contributed by atoms with van der Waals surface area (Å²) < 4.78 is 5.53. The maximum absolute atomic E-state index is 12.5. The number of rotatable bonds is 8. The van der Waals surface area contributed by atoms with Gasteiger partial charge >= 0.3 is 0 Å². The summed E-state index contributed by atoms with van der Waals surface area (Å²) in [6.45, 7) is 11.6. The zero-order valence-corrected chi connectivity index (χ0v) is 20.9. The molecular weight excluding hydrogens is 446 g/mol. The van der Waals surface area contributed by atoms with Crippen molar-refractivity contribution in [1.29, 1.82) is 0 Å². The van der Waals surface area contributed by atoms with Crippen molar-refractivity contribution in [2.24, 2.45) is 5.41 Å². The number of carbonyl (C=O) groups excluding carboxylic acids is 1. The number of nitrogens with zero attached hydrogens (tertiary/aromatic N) is 1. The Balaban J connectivity index is 1.94. The van der Waals surface area contributed by atoms with Crippen molar-refractivity contribution in [2.75, 3.05) is 24.7 Å². The highest BCUT2D eigenvalue weighted by Crippen LogP contribution is 2.38. The van der Waals surface area contributed by atoms with Crippen LogP contribution in [0.5, 0.6) is 11.5 Å². The van der Waals surface area contributed by atoms with Crippen molar-refractivity contribution in [1.82, 2.24) is 4.90 Å². The summed E-state index contributed by atoms with van der Waals surface area (Å²) in [7, 11) is 3.15. The number of carbonyl (C=O) groups is 1. The molecule has 0 bridgehead atoms. The van der Waals surface area contributed by atoms with E-state index in [-0.39, 0.29) is 45.7 Å². The van der Waals surface area contributed by atoms with Gasteiger partial charge in [0, 0.05) is 14.1 Å². The molecule has 3 aromatic carbocycles. The van der Waals surface area contributed by atoms with E-state index in [1.807, 2.05) is 45.0 Å². The molecule has 35 heavy (non-hydrogen) atoms. The smallest absolute Gasteiger partial charge is 0.257 e. The van der Waals surface area contributed by atoms with Gasteiger partial charge in [0.05, 0.1) is 23.1 Å². The Hall–Kier alpha value is -4.07. The Morgan fingerprint density at radius 3 is 2.17 bits per heavy atom. The maximum Gasteiger partial charge on any atom is 0.257 e. The molecule has 184 valence electrons. The average Bonchev–Trinajstić information content (AvgIpc) is 2.78. The van der Waals surface area contributed by atoms with Crippen LogP contribution in [0.4, 0.5) is 17.1 Å². The van der Waals surface area contributed by atoms with E-state index in [2.05, 4.69) is 17.2 Å². The maximum atomic E-state index is 12.5. The first-order valence-electron chi connectivity index (χ1n) is 11.1. The van der Waals surface area contributed by atoms with Crippen LogP contribution in [0, 0.1) is 5.41 Å². The van der Waals surface area contributed by atoms with Gasteiger partial charge in [-0.05, 0) is 42.2 Å². The summed E-state index contributed by atoms with van der Waals surface area (Å²) in [6.07, 6.45) is 0. The number of phenolic OH excluding ortho intramolecular Hbond substituents is 1. The molecule has 1 unspecified atom stereocenters. The lowest BCUT2D eigenvalue weighted by molar-refractivity contribution is 0.0824. The van der Waals surface area contributed by atoms with E-state index >= 15 is 0 Å². The van der Waals surface area contributed by atoms with Crippen LogP contribution < -0.4 is 26.2 Å². The normalized spacial score (nSPS) is 12.2.